The van der Waals surface area contributed by atoms with Crippen molar-refractivity contribution in [2.75, 3.05) is 13.6 Å². The summed E-state index contributed by atoms with van der Waals surface area (Å²) in [6, 6.07) is 4.94. The summed E-state index contributed by atoms with van der Waals surface area (Å²) >= 11 is 6.01. The molecule has 1 amide bonds. The number of halogens is 2. The molecule has 10 heteroatoms. The molecule has 2 atom stereocenters. The van der Waals surface area contributed by atoms with Gasteiger partial charge in [-0.2, -0.15) is 5.10 Å². The molecule has 8 nitrogen and oxygen atoms in total. The fourth-order valence-electron chi connectivity index (χ4n) is 4.86. The SMILES string of the molecule is Cc1nc2nc([C@H]3C[C@@H](c4cnn(C5CC5)c4)C(=O)N(C)C3)nc(-c3ccc(Cl)cc3F)c2nc1C. The number of fused-ring (bicyclic) bond motifs is 1. The minimum Gasteiger partial charge on any atom is -0.344 e. The van der Waals surface area contributed by atoms with Crippen LogP contribution in [0.25, 0.3) is 22.4 Å². The summed E-state index contributed by atoms with van der Waals surface area (Å²) in [6.07, 6.45) is 6.56. The number of hydrogen-bond acceptors (Lipinski definition) is 6. The van der Waals surface area contributed by atoms with Gasteiger partial charge in [-0.3, -0.25) is 9.48 Å². The Labute approximate surface area is 212 Å². The number of rotatable bonds is 4. The highest BCUT2D eigenvalue weighted by molar-refractivity contribution is 6.30. The third-order valence-corrected chi connectivity index (χ3v) is 7.38. The van der Waals surface area contributed by atoms with Crippen molar-refractivity contribution in [1.82, 2.24) is 34.6 Å². The maximum atomic E-state index is 15.0. The zero-order chi connectivity index (χ0) is 25.1. The van der Waals surface area contributed by atoms with Crippen molar-refractivity contribution in [3.05, 3.63) is 64.2 Å². The third kappa shape index (κ3) is 4.01. The topological polar surface area (TPSA) is 89.7 Å². The number of amides is 1. The summed E-state index contributed by atoms with van der Waals surface area (Å²) in [5, 5.41) is 4.78. The zero-order valence-corrected chi connectivity index (χ0v) is 21.0. The van der Waals surface area contributed by atoms with Crippen molar-refractivity contribution in [3.8, 4) is 11.3 Å². The first-order chi connectivity index (χ1) is 17.3. The fourth-order valence-corrected chi connectivity index (χ4v) is 5.02. The minimum absolute atomic E-state index is 0.0533. The van der Waals surface area contributed by atoms with Gasteiger partial charge in [0.1, 0.15) is 22.9 Å². The van der Waals surface area contributed by atoms with E-state index in [1.807, 2.05) is 24.7 Å². The summed E-state index contributed by atoms with van der Waals surface area (Å²) in [6.45, 7) is 4.18. The van der Waals surface area contributed by atoms with E-state index >= 15 is 4.39 Å². The average molecular weight is 506 g/mol. The van der Waals surface area contributed by atoms with Gasteiger partial charge in [0.2, 0.25) is 5.91 Å². The zero-order valence-electron chi connectivity index (χ0n) is 20.2. The Balaban J connectivity index is 1.45. The molecule has 1 saturated heterocycles. The van der Waals surface area contributed by atoms with Crippen molar-refractivity contribution in [1.29, 1.82) is 0 Å². The van der Waals surface area contributed by atoms with E-state index in [1.165, 1.54) is 6.07 Å². The van der Waals surface area contributed by atoms with Crippen LogP contribution in [-0.2, 0) is 4.79 Å². The summed E-state index contributed by atoms with van der Waals surface area (Å²) in [5.41, 5.74) is 3.88. The molecule has 4 heterocycles. The Morgan fingerprint density at radius 3 is 2.61 bits per heavy atom. The highest BCUT2D eigenvalue weighted by atomic mass is 35.5. The van der Waals surface area contributed by atoms with Gasteiger partial charge in [-0.25, -0.2) is 24.3 Å². The van der Waals surface area contributed by atoms with Gasteiger partial charge in [-0.05, 0) is 51.3 Å². The molecule has 0 bridgehead atoms. The van der Waals surface area contributed by atoms with E-state index < -0.39 is 5.82 Å². The number of nitrogens with zero attached hydrogens (tertiary/aromatic N) is 7. The molecule has 4 aromatic rings. The van der Waals surface area contributed by atoms with Crippen LogP contribution in [-0.4, -0.2) is 54.1 Å². The van der Waals surface area contributed by atoms with E-state index in [2.05, 4.69) is 15.1 Å². The molecule has 36 heavy (non-hydrogen) atoms. The summed E-state index contributed by atoms with van der Waals surface area (Å²) in [5.74, 6) is -0.429. The van der Waals surface area contributed by atoms with E-state index in [0.29, 0.717) is 46.7 Å². The number of carbonyl (C=O) groups excluding carboxylic acids is 1. The quantitative estimate of drug-likeness (QED) is 0.397. The maximum Gasteiger partial charge on any atom is 0.230 e. The van der Waals surface area contributed by atoms with Gasteiger partial charge in [0, 0.05) is 41.9 Å². The van der Waals surface area contributed by atoms with Gasteiger partial charge in [0.15, 0.2) is 5.65 Å². The molecule has 2 aliphatic rings. The number of piperidine rings is 1. The second-order valence-corrected chi connectivity index (χ2v) is 10.2. The maximum absolute atomic E-state index is 15.0. The lowest BCUT2D eigenvalue weighted by molar-refractivity contribution is -0.134. The van der Waals surface area contributed by atoms with Crippen LogP contribution in [0.5, 0.6) is 0 Å². The van der Waals surface area contributed by atoms with Gasteiger partial charge in [-0.15, -0.1) is 0 Å². The standard InChI is InChI=1S/C26H25ClFN7O/c1-13-14(2)31-25-23(30-13)22(19-7-4-17(27)9-21(19)28)32-24(33-25)15-8-20(26(36)34(3)11-15)16-10-29-35(12-16)18-5-6-18/h4,7,9-10,12,15,18,20H,5-6,8,11H2,1-3H3/t15-,20-/m0/s1. The largest absolute Gasteiger partial charge is 0.344 e. The second-order valence-electron chi connectivity index (χ2n) is 9.81. The number of likely N-dealkylation sites (tertiary alicyclic amines) is 1. The van der Waals surface area contributed by atoms with Crippen LogP contribution in [0.4, 0.5) is 4.39 Å². The Morgan fingerprint density at radius 1 is 1.08 bits per heavy atom. The Kier molecular flexibility index (Phi) is 5.48. The Bertz CT molecular complexity index is 1520. The highest BCUT2D eigenvalue weighted by Crippen LogP contribution is 2.39. The van der Waals surface area contributed by atoms with Crippen molar-refractivity contribution >= 4 is 28.7 Å². The average Bonchev–Trinajstić information content (AvgIpc) is 3.58. The van der Waals surface area contributed by atoms with Gasteiger partial charge in [0.25, 0.3) is 0 Å². The molecule has 3 aromatic heterocycles. The highest BCUT2D eigenvalue weighted by Gasteiger charge is 2.37. The van der Waals surface area contributed by atoms with Crippen LogP contribution in [0.1, 0.15) is 59.9 Å². The van der Waals surface area contributed by atoms with E-state index in [0.717, 1.165) is 29.8 Å². The van der Waals surface area contributed by atoms with Crippen LogP contribution in [0.2, 0.25) is 5.02 Å². The summed E-state index contributed by atoms with van der Waals surface area (Å²) < 4.78 is 17.0. The molecule has 0 spiro atoms. The normalized spacial score (nSPS) is 20.4. The summed E-state index contributed by atoms with van der Waals surface area (Å²) in [7, 11) is 1.79. The third-order valence-electron chi connectivity index (χ3n) is 7.14. The lowest BCUT2D eigenvalue weighted by Crippen LogP contribution is -2.41. The second kappa shape index (κ2) is 8.58. The molecule has 0 unspecified atom stereocenters. The van der Waals surface area contributed by atoms with E-state index in [-0.39, 0.29) is 23.3 Å². The van der Waals surface area contributed by atoms with Crippen LogP contribution < -0.4 is 0 Å². The van der Waals surface area contributed by atoms with Crippen LogP contribution >= 0.6 is 11.6 Å². The van der Waals surface area contributed by atoms with Gasteiger partial charge in [0.05, 0.1) is 29.5 Å². The molecule has 184 valence electrons. The summed E-state index contributed by atoms with van der Waals surface area (Å²) in [4.78, 5) is 33.7. The molecule has 1 aliphatic carbocycles. The number of hydrogen-bond donors (Lipinski definition) is 0. The molecule has 1 aromatic carbocycles. The van der Waals surface area contributed by atoms with Crippen molar-refractivity contribution in [3.63, 3.8) is 0 Å². The number of benzene rings is 1. The molecular formula is C26H25ClFN7O. The van der Waals surface area contributed by atoms with Crippen molar-refractivity contribution < 1.29 is 9.18 Å². The number of aromatic nitrogens is 6. The van der Waals surface area contributed by atoms with Crippen molar-refractivity contribution in [2.24, 2.45) is 0 Å². The Morgan fingerprint density at radius 2 is 1.86 bits per heavy atom. The first-order valence-corrected chi connectivity index (χ1v) is 12.4. The molecule has 1 saturated carbocycles. The molecule has 2 fully saturated rings. The van der Waals surface area contributed by atoms with E-state index in [1.54, 1.807) is 30.3 Å². The van der Waals surface area contributed by atoms with E-state index in [4.69, 9.17) is 21.6 Å². The predicted octanol–water partition coefficient (Wildman–Crippen LogP) is 4.76. The minimum atomic E-state index is -0.491. The van der Waals surface area contributed by atoms with Crippen LogP contribution in [0, 0.1) is 19.7 Å². The molecule has 6 rings (SSSR count). The molecule has 1 aliphatic heterocycles. The van der Waals surface area contributed by atoms with Gasteiger partial charge >= 0.3 is 0 Å². The number of aryl methyl sites for hydroxylation is 2. The predicted molar refractivity (Wildman–Crippen MR) is 133 cm³/mol. The lowest BCUT2D eigenvalue weighted by Gasteiger charge is -2.34. The number of carbonyl (C=O) groups is 1. The first kappa shape index (κ1) is 23.0. The lowest BCUT2D eigenvalue weighted by atomic mass is 9.84. The van der Waals surface area contributed by atoms with Crippen LogP contribution in [0.15, 0.2) is 30.6 Å². The van der Waals surface area contributed by atoms with Gasteiger partial charge < -0.3 is 4.90 Å². The van der Waals surface area contributed by atoms with Gasteiger partial charge in [-0.1, -0.05) is 11.6 Å². The Hall–Kier alpha value is -3.46. The van der Waals surface area contributed by atoms with Crippen molar-refractivity contribution in [2.45, 2.75) is 51.0 Å². The monoisotopic (exact) mass is 505 g/mol. The number of likely N-dealkylation sites (N-methyl/N-ethyl adjacent to an activating group) is 1. The van der Waals surface area contributed by atoms with E-state index in [9.17, 15) is 4.79 Å². The molecule has 0 N–H and O–H groups in total. The fraction of sp³-hybridized carbons (Fsp3) is 0.385. The molecular weight excluding hydrogens is 481 g/mol. The molecule has 0 radical (unpaired) electrons. The van der Waals surface area contributed by atoms with Crippen LogP contribution in [0.3, 0.4) is 0 Å². The first-order valence-electron chi connectivity index (χ1n) is 12.1. The smallest absolute Gasteiger partial charge is 0.230 e.